The lowest BCUT2D eigenvalue weighted by Crippen LogP contribution is -2.19. The number of carbonyl (C=O) groups excluding carboxylic acids is 1. The third kappa shape index (κ3) is 4.03. The molecule has 2 fully saturated rings. The molecule has 0 unspecified atom stereocenters. The molecule has 2 aromatic heterocycles. The van der Waals surface area contributed by atoms with E-state index in [-0.39, 0.29) is 5.91 Å². The molecule has 1 aromatic carbocycles. The lowest BCUT2D eigenvalue weighted by atomic mass is 9.90. The Balaban J connectivity index is 1.22. The van der Waals surface area contributed by atoms with Crippen LogP contribution in [0.15, 0.2) is 30.5 Å². The Morgan fingerprint density at radius 3 is 2.78 bits per heavy atom. The van der Waals surface area contributed by atoms with Gasteiger partial charge in [0, 0.05) is 44.1 Å². The third-order valence-electron chi connectivity index (χ3n) is 8.59. The van der Waals surface area contributed by atoms with Crippen molar-refractivity contribution >= 4 is 17.4 Å². The first-order valence-electron chi connectivity index (χ1n) is 13.5. The van der Waals surface area contributed by atoms with Gasteiger partial charge in [-0.1, -0.05) is 12.1 Å². The topological polar surface area (TPSA) is 84.3 Å². The average molecular weight is 499 g/mol. The van der Waals surface area contributed by atoms with Gasteiger partial charge in [-0.25, -0.2) is 4.98 Å². The molecule has 0 atom stereocenters. The molecule has 1 saturated carbocycles. The fourth-order valence-electron chi connectivity index (χ4n) is 6.43. The summed E-state index contributed by atoms with van der Waals surface area (Å²) in [6.45, 7) is 3.96. The normalized spacial score (nSPS) is 19.8. The predicted octanol–water partition coefficient (Wildman–Crippen LogP) is 4.22. The quantitative estimate of drug-likeness (QED) is 0.529. The van der Waals surface area contributed by atoms with Gasteiger partial charge in [-0.3, -0.25) is 9.48 Å². The Bertz CT molecular complexity index is 1380. The highest BCUT2D eigenvalue weighted by Gasteiger charge is 2.49. The maximum absolute atomic E-state index is 13.0. The van der Waals surface area contributed by atoms with Gasteiger partial charge < -0.3 is 20.3 Å². The van der Waals surface area contributed by atoms with Crippen molar-refractivity contribution in [2.45, 2.75) is 57.7 Å². The van der Waals surface area contributed by atoms with E-state index in [4.69, 9.17) is 14.8 Å². The first-order chi connectivity index (χ1) is 18.0. The van der Waals surface area contributed by atoms with Crippen LogP contribution in [0.1, 0.15) is 64.5 Å². The van der Waals surface area contributed by atoms with Crippen LogP contribution < -0.4 is 10.6 Å². The van der Waals surface area contributed by atoms with E-state index in [1.165, 1.54) is 29.7 Å². The van der Waals surface area contributed by atoms with Crippen LogP contribution >= 0.6 is 0 Å². The molecule has 1 aliphatic carbocycles. The monoisotopic (exact) mass is 498 g/mol. The highest BCUT2D eigenvalue weighted by Crippen LogP contribution is 2.54. The zero-order valence-corrected chi connectivity index (χ0v) is 21.6. The van der Waals surface area contributed by atoms with E-state index in [1.54, 1.807) is 0 Å². The van der Waals surface area contributed by atoms with Gasteiger partial charge in [0.15, 0.2) is 0 Å². The minimum absolute atomic E-state index is 0.0332. The van der Waals surface area contributed by atoms with Gasteiger partial charge in [-0.2, -0.15) is 5.10 Å². The molecule has 37 heavy (non-hydrogen) atoms. The minimum Gasteiger partial charge on any atom is -0.381 e. The molecule has 8 nitrogen and oxygen atoms in total. The number of carbonyl (C=O) groups is 1. The van der Waals surface area contributed by atoms with Gasteiger partial charge in [0.05, 0.1) is 23.1 Å². The molecule has 2 N–H and O–H groups in total. The maximum atomic E-state index is 13.0. The zero-order valence-electron chi connectivity index (χ0n) is 21.6. The molecule has 7 rings (SSSR count). The van der Waals surface area contributed by atoms with Gasteiger partial charge >= 0.3 is 0 Å². The van der Waals surface area contributed by atoms with Crippen molar-refractivity contribution < 1.29 is 9.53 Å². The smallest absolute Gasteiger partial charge is 0.254 e. The summed E-state index contributed by atoms with van der Waals surface area (Å²) in [4.78, 5) is 20.2. The molecular weight excluding hydrogens is 464 g/mol. The number of benzene rings is 1. The third-order valence-corrected chi connectivity index (χ3v) is 8.59. The second kappa shape index (κ2) is 8.67. The fraction of sp³-hybridized carbons (Fsp3) is 0.483. The predicted molar refractivity (Wildman–Crippen MR) is 142 cm³/mol. The second-order valence-corrected chi connectivity index (χ2v) is 11.5. The van der Waals surface area contributed by atoms with E-state index in [0.717, 1.165) is 79.5 Å². The summed E-state index contributed by atoms with van der Waals surface area (Å²) in [5.74, 6) is 1.21. The number of amides is 1. The molecule has 192 valence electrons. The Labute approximate surface area is 217 Å². The van der Waals surface area contributed by atoms with Crippen molar-refractivity contribution in [1.29, 1.82) is 0 Å². The van der Waals surface area contributed by atoms with E-state index < -0.39 is 0 Å². The summed E-state index contributed by atoms with van der Waals surface area (Å²) < 4.78 is 7.77. The number of nitrogens with one attached hydrogen (secondary N) is 2. The van der Waals surface area contributed by atoms with Crippen LogP contribution in [-0.4, -0.2) is 52.9 Å². The first kappa shape index (κ1) is 22.9. The number of fused-ring (bicyclic) bond motifs is 2. The van der Waals surface area contributed by atoms with Gasteiger partial charge in [-0.05, 0) is 86.4 Å². The molecular formula is C29H34N6O2. The molecule has 8 heteroatoms. The number of pyridine rings is 1. The molecule has 3 aliphatic heterocycles. The highest BCUT2D eigenvalue weighted by atomic mass is 16.5. The van der Waals surface area contributed by atoms with E-state index >= 15 is 0 Å². The number of hydrogen-bond donors (Lipinski definition) is 2. The summed E-state index contributed by atoms with van der Waals surface area (Å²) in [7, 11) is 4.15. The number of anilines is 2. The van der Waals surface area contributed by atoms with Crippen molar-refractivity contribution in [3.8, 4) is 11.1 Å². The van der Waals surface area contributed by atoms with Gasteiger partial charge in [0.2, 0.25) is 0 Å². The number of nitrogens with zero attached hydrogens (tertiary/aromatic N) is 4. The number of hydrogen-bond acceptors (Lipinski definition) is 6. The van der Waals surface area contributed by atoms with Crippen LogP contribution in [0.2, 0.25) is 0 Å². The van der Waals surface area contributed by atoms with E-state index in [9.17, 15) is 4.79 Å². The van der Waals surface area contributed by atoms with Crippen molar-refractivity contribution in [2.75, 3.05) is 32.6 Å². The maximum Gasteiger partial charge on any atom is 0.254 e. The second-order valence-electron chi connectivity index (χ2n) is 11.5. The number of ether oxygens (including phenoxy) is 1. The molecule has 0 radical (unpaired) electrons. The Hall–Kier alpha value is -3.23. The first-order valence-corrected chi connectivity index (χ1v) is 13.5. The summed E-state index contributed by atoms with van der Waals surface area (Å²) in [6.07, 6.45) is 7.74. The van der Waals surface area contributed by atoms with Gasteiger partial charge in [0.1, 0.15) is 5.82 Å². The van der Waals surface area contributed by atoms with Crippen LogP contribution in [0.4, 0.5) is 11.5 Å². The lowest BCUT2D eigenvalue weighted by Gasteiger charge is -2.25. The van der Waals surface area contributed by atoms with E-state index in [1.807, 2.05) is 12.3 Å². The standard InChI is InChI=1S/C29H34N6O2/c1-34(2)16-24-19(18-7-11-37-12-8-18)4-6-26(33-24)32-23-5-3-20(22-14-30-28(36)27(22)23)21-15-31-35-17-29(9-10-29)13-25(21)35/h3-6,15,18H,7-14,16-17H2,1-2H3,(H,30,36)(H,32,33). The molecule has 1 amide bonds. The van der Waals surface area contributed by atoms with Crippen molar-refractivity contribution in [3.63, 3.8) is 0 Å². The Morgan fingerprint density at radius 2 is 2.00 bits per heavy atom. The van der Waals surface area contributed by atoms with Gasteiger partial charge in [0.25, 0.3) is 5.91 Å². The lowest BCUT2D eigenvalue weighted by molar-refractivity contribution is 0.0849. The van der Waals surface area contributed by atoms with Crippen LogP contribution in [0.3, 0.4) is 0 Å². The summed E-state index contributed by atoms with van der Waals surface area (Å²) in [5, 5.41) is 11.2. The van der Waals surface area contributed by atoms with Crippen LogP contribution in [0, 0.1) is 5.41 Å². The largest absolute Gasteiger partial charge is 0.381 e. The van der Waals surface area contributed by atoms with Crippen molar-refractivity contribution in [1.82, 2.24) is 25.0 Å². The fourth-order valence-corrected chi connectivity index (χ4v) is 6.43. The van der Waals surface area contributed by atoms with Crippen LogP contribution in [0.5, 0.6) is 0 Å². The number of rotatable bonds is 6. The van der Waals surface area contributed by atoms with E-state index in [2.05, 4.69) is 52.5 Å². The van der Waals surface area contributed by atoms with E-state index in [0.29, 0.717) is 17.9 Å². The molecule has 0 bridgehead atoms. The molecule has 1 spiro atoms. The Kier molecular flexibility index (Phi) is 5.37. The molecule has 5 heterocycles. The summed E-state index contributed by atoms with van der Waals surface area (Å²) >= 11 is 0. The van der Waals surface area contributed by atoms with Crippen molar-refractivity contribution in [3.05, 3.63) is 58.5 Å². The number of aromatic nitrogens is 3. The van der Waals surface area contributed by atoms with Crippen LogP contribution in [-0.2, 0) is 30.8 Å². The minimum atomic E-state index is -0.0332. The zero-order chi connectivity index (χ0) is 25.1. The molecule has 4 aliphatic rings. The summed E-state index contributed by atoms with van der Waals surface area (Å²) in [6, 6.07) is 8.44. The van der Waals surface area contributed by atoms with Crippen LogP contribution in [0.25, 0.3) is 11.1 Å². The SMILES string of the molecule is CN(C)Cc1nc(Nc2ccc(-c3cnn4c3CC3(CC3)C4)c3c2C(=O)NC3)ccc1C1CCOCC1. The highest BCUT2D eigenvalue weighted by molar-refractivity contribution is 6.06. The van der Waals surface area contributed by atoms with Crippen molar-refractivity contribution in [2.24, 2.45) is 5.41 Å². The average Bonchev–Trinajstić information content (AvgIpc) is 3.16. The Morgan fingerprint density at radius 1 is 1.16 bits per heavy atom. The molecule has 3 aromatic rings. The molecule has 1 saturated heterocycles. The summed E-state index contributed by atoms with van der Waals surface area (Å²) in [5.41, 5.74) is 9.04. The van der Waals surface area contributed by atoms with Gasteiger partial charge in [-0.15, -0.1) is 0 Å².